The molecule has 2 aromatic heterocycles. The number of amides is 2. The number of aromatic amines is 2. The average molecular weight is 589 g/mol. The predicted octanol–water partition coefficient (Wildman–Crippen LogP) is 3.08. The molecule has 1 atom stereocenters. The van der Waals surface area contributed by atoms with Crippen LogP contribution in [0.25, 0.3) is 12.2 Å². The Kier molecular flexibility index (Phi) is 9.37. The van der Waals surface area contributed by atoms with Gasteiger partial charge in [0.2, 0.25) is 5.91 Å². The van der Waals surface area contributed by atoms with Crippen LogP contribution in [0.1, 0.15) is 87.0 Å². The Bertz CT molecular complexity index is 1730. The summed E-state index contributed by atoms with van der Waals surface area (Å²) in [6.07, 6.45) is 6.09. The third-order valence-corrected chi connectivity index (χ3v) is 8.72. The molecule has 43 heavy (non-hydrogen) atoms. The maximum Gasteiger partial charge on any atom is 0.303 e. The van der Waals surface area contributed by atoms with E-state index < -0.39 is 11.9 Å². The molecule has 0 aromatic carbocycles. The van der Waals surface area contributed by atoms with Crippen molar-refractivity contribution >= 4 is 41.6 Å². The minimum Gasteiger partial charge on any atom is -0.481 e. The first-order chi connectivity index (χ1) is 20.4. The predicted molar refractivity (Wildman–Crippen MR) is 164 cm³/mol. The van der Waals surface area contributed by atoms with E-state index in [1.54, 1.807) is 0 Å². The van der Waals surface area contributed by atoms with Gasteiger partial charge in [0.05, 0.1) is 11.8 Å². The van der Waals surface area contributed by atoms with Gasteiger partial charge in [0, 0.05) is 52.5 Å². The van der Waals surface area contributed by atoms with Gasteiger partial charge in [-0.05, 0) is 98.9 Å². The molecule has 228 valence electrons. The first kappa shape index (κ1) is 31.5. The van der Waals surface area contributed by atoms with Crippen molar-refractivity contribution in [2.24, 2.45) is 4.99 Å². The molecule has 2 amide bonds. The summed E-state index contributed by atoms with van der Waals surface area (Å²) in [5.41, 5.74) is 9.03. The molecule has 0 fully saturated rings. The zero-order valence-electron chi connectivity index (χ0n) is 25.7. The Labute approximate surface area is 250 Å². The van der Waals surface area contributed by atoms with Crippen molar-refractivity contribution in [1.29, 1.82) is 0 Å². The standard InChI is InChI=1S/C33H40N4O6/c1-7-20-19(6)32(42)37-27(20)14-25-18(5)23(10-12-31(40)41)29(35-25)15-28-22(9-11-30(38)39)17(4)24(34-28)13-26-16(3)21(8-2)33(43)36-26/h13,15,27,34-35H,7-12,14H2,1-6H3,(H,37,42)(H,38,39)(H,40,41)/b24-13+,28-15-/t27-/m1/s1. The molecule has 2 aliphatic heterocycles. The highest BCUT2D eigenvalue weighted by molar-refractivity contribution is 6.30. The van der Waals surface area contributed by atoms with Gasteiger partial charge in [-0.15, -0.1) is 0 Å². The largest absolute Gasteiger partial charge is 0.481 e. The lowest BCUT2D eigenvalue weighted by Gasteiger charge is -2.14. The van der Waals surface area contributed by atoms with Crippen LogP contribution in [0.5, 0.6) is 0 Å². The summed E-state index contributed by atoms with van der Waals surface area (Å²) in [5.74, 6) is -2.12. The van der Waals surface area contributed by atoms with Gasteiger partial charge in [0.1, 0.15) is 0 Å². The highest BCUT2D eigenvalue weighted by Gasteiger charge is 2.29. The molecule has 0 saturated carbocycles. The summed E-state index contributed by atoms with van der Waals surface area (Å²) >= 11 is 0. The number of hydrogen-bond donors (Lipinski definition) is 5. The van der Waals surface area contributed by atoms with Crippen LogP contribution in [0, 0.1) is 13.8 Å². The maximum absolute atomic E-state index is 12.4. The highest BCUT2D eigenvalue weighted by atomic mass is 16.4. The van der Waals surface area contributed by atoms with E-state index in [1.165, 1.54) is 0 Å². The molecule has 0 bridgehead atoms. The SMILES string of the molecule is CCC1=C(C)C(/C=c2/[nH]/c(=C\c3[nH]c(C[C@H]4NC(=O)C(C)=C4CC)c(C)c3CCC(=O)O)c(CCC(=O)O)c2C)=NC1=O. The molecule has 2 aliphatic rings. The van der Waals surface area contributed by atoms with Crippen LogP contribution in [0.4, 0.5) is 0 Å². The maximum atomic E-state index is 12.4. The highest BCUT2D eigenvalue weighted by Crippen LogP contribution is 2.27. The Morgan fingerprint density at radius 2 is 1.49 bits per heavy atom. The van der Waals surface area contributed by atoms with E-state index in [2.05, 4.69) is 20.3 Å². The lowest BCUT2D eigenvalue weighted by molar-refractivity contribution is -0.138. The van der Waals surface area contributed by atoms with Crippen LogP contribution < -0.4 is 16.0 Å². The number of carboxylic acid groups (broad SMARTS) is 2. The molecule has 4 rings (SSSR count). The van der Waals surface area contributed by atoms with Gasteiger partial charge in [-0.25, -0.2) is 4.99 Å². The van der Waals surface area contributed by atoms with Crippen LogP contribution in [0.2, 0.25) is 0 Å². The number of allylic oxidation sites excluding steroid dienone is 1. The molecule has 0 saturated heterocycles. The molecule has 0 aliphatic carbocycles. The molecule has 2 aromatic rings. The monoisotopic (exact) mass is 588 g/mol. The lowest BCUT2D eigenvalue weighted by atomic mass is 9.96. The van der Waals surface area contributed by atoms with Crippen molar-refractivity contribution in [2.45, 2.75) is 92.5 Å². The van der Waals surface area contributed by atoms with E-state index >= 15 is 0 Å². The van der Waals surface area contributed by atoms with Crippen LogP contribution in [-0.4, -0.2) is 55.7 Å². The Morgan fingerprint density at radius 3 is 2.07 bits per heavy atom. The van der Waals surface area contributed by atoms with E-state index in [1.807, 2.05) is 53.7 Å². The van der Waals surface area contributed by atoms with Gasteiger partial charge in [-0.2, -0.15) is 0 Å². The molecule has 10 heteroatoms. The van der Waals surface area contributed by atoms with Crippen molar-refractivity contribution in [3.63, 3.8) is 0 Å². The van der Waals surface area contributed by atoms with Gasteiger partial charge in [0.25, 0.3) is 5.91 Å². The summed E-state index contributed by atoms with van der Waals surface area (Å²) in [7, 11) is 0. The number of rotatable bonds is 12. The van der Waals surface area contributed by atoms with E-state index in [4.69, 9.17) is 0 Å². The second-order valence-corrected chi connectivity index (χ2v) is 11.2. The molecular formula is C33H40N4O6. The first-order valence-corrected chi connectivity index (χ1v) is 14.7. The third kappa shape index (κ3) is 6.48. The van der Waals surface area contributed by atoms with Crippen LogP contribution >= 0.6 is 0 Å². The molecule has 4 heterocycles. The molecule has 10 nitrogen and oxygen atoms in total. The summed E-state index contributed by atoms with van der Waals surface area (Å²) in [4.78, 5) is 58.9. The first-order valence-electron chi connectivity index (χ1n) is 14.7. The third-order valence-electron chi connectivity index (χ3n) is 8.72. The van der Waals surface area contributed by atoms with Crippen molar-refractivity contribution in [3.8, 4) is 0 Å². The fourth-order valence-corrected chi connectivity index (χ4v) is 6.16. The number of aromatic nitrogens is 2. The average Bonchev–Trinajstić information content (AvgIpc) is 3.59. The van der Waals surface area contributed by atoms with Crippen LogP contribution in [-0.2, 0) is 38.4 Å². The second kappa shape index (κ2) is 12.8. The van der Waals surface area contributed by atoms with Gasteiger partial charge in [-0.1, -0.05) is 13.8 Å². The number of aliphatic imine (C=N–C) groups is 1. The minimum absolute atomic E-state index is 0.0494. The zero-order chi connectivity index (χ0) is 31.6. The van der Waals surface area contributed by atoms with Gasteiger partial charge < -0.3 is 25.5 Å². The van der Waals surface area contributed by atoms with Gasteiger partial charge in [0.15, 0.2) is 0 Å². The molecular weight excluding hydrogens is 548 g/mol. The summed E-state index contributed by atoms with van der Waals surface area (Å²) in [5, 5.41) is 23.4. The van der Waals surface area contributed by atoms with Crippen molar-refractivity contribution in [1.82, 2.24) is 15.3 Å². The van der Waals surface area contributed by atoms with Crippen LogP contribution in [0.15, 0.2) is 27.3 Å². The number of aliphatic carboxylic acids is 2. The van der Waals surface area contributed by atoms with E-state index in [-0.39, 0.29) is 37.1 Å². The number of carboxylic acids is 2. The second-order valence-electron chi connectivity index (χ2n) is 11.2. The number of H-pyrrole nitrogens is 2. The molecule has 5 N–H and O–H groups in total. The molecule has 0 unspecified atom stereocenters. The number of hydrogen-bond acceptors (Lipinski definition) is 4. The lowest BCUT2D eigenvalue weighted by Crippen LogP contribution is -2.31. The van der Waals surface area contributed by atoms with E-state index in [0.717, 1.165) is 62.1 Å². The fourth-order valence-electron chi connectivity index (χ4n) is 6.16. The normalized spacial score (nSPS) is 17.9. The molecule has 0 spiro atoms. The van der Waals surface area contributed by atoms with Crippen molar-refractivity contribution in [2.75, 3.05) is 0 Å². The Morgan fingerprint density at radius 1 is 0.837 bits per heavy atom. The Balaban J connectivity index is 1.85. The quantitative estimate of drug-likeness (QED) is 0.256. The minimum atomic E-state index is -0.914. The number of carbonyl (C=O) groups excluding carboxylic acids is 2. The van der Waals surface area contributed by atoms with E-state index in [9.17, 15) is 29.4 Å². The molecule has 0 radical (unpaired) electrons. The Hall–Kier alpha value is -4.47. The van der Waals surface area contributed by atoms with Crippen LogP contribution in [0.3, 0.4) is 0 Å². The summed E-state index contributed by atoms with van der Waals surface area (Å²) < 4.78 is 0. The smallest absolute Gasteiger partial charge is 0.303 e. The van der Waals surface area contributed by atoms with Gasteiger partial charge in [-0.3, -0.25) is 19.2 Å². The van der Waals surface area contributed by atoms with Crippen molar-refractivity contribution in [3.05, 3.63) is 66.6 Å². The summed E-state index contributed by atoms with van der Waals surface area (Å²) in [6, 6.07) is -0.144. The fraction of sp³-hybridized carbons (Fsp3) is 0.424. The van der Waals surface area contributed by atoms with E-state index in [0.29, 0.717) is 35.9 Å². The topological polar surface area (TPSA) is 165 Å². The number of nitrogens with zero attached hydrogens (tertiary/aromatic N) is 1. The van der Waals surface area contributed by atoms with Crippen molar-refractivity contribution < 1.29 is 29.4 Å². The zero-order valence-corrected chi connectivity index (χ0v) is 25.7. The number of nitrogens with one attached hydrogen (secondary N) is 3. The summed E-state index contributed by atoms with van der Waals surface area (Å²) in [6.45, 7) is 11.5. The number of carbonyl (C=O) groups is 4. The van der Waals surface area contributed by atoms with Gasteiger partial charge >= 0.3 is 11.9 Å².